The second kappa shape index (κ2) is 8.34. The first-order valence-electron chi connectivity index (χ1n) is 10.5. The number of carbonyl (C=O) groups excluding carboxylic acids is 2. The Bertz CT molecular complexity index is 1090. The van der Waals surface area contributed by atoms with Crippen molar-refractivity contribution in [3.05, 3.63) is 44.7 Å². The average Bonchev–Trinajstić information content (AvgIpc) is 2.69. The van der Waals surface area contributed by atoms with Gasteiger partial charge in [-0.15, -0.1) is 0 Å². The number of amides is 2. The van der Waals surface area contributed by atoms with Crippen molar-refractivity contribution in [3.63, 3.8) is 0 Å². The van der Waals surface area contributed by atoms with E-state index >= 15 is 0 Å². The normalized spacial score (nSPS) is 23.2. The Balaban J connectivity index is 1.66. The van der Waals surface area contributed by atoms with E-state index in [-0.39, 0.29) is 23.7 Å². The van der Waals surface area contributed by atoms with Gasteiger partial charge < -0.3 is 15.5 Å². The lowest BCUT2D eigenvalue weighted by Crippen LogP contribution is -2.42. The van der Waals surface area contributed by atoms with Crippen molar-refractivity contribution in [1.29, 1.82) is 0 Å². The SMILES string of the molecule is Cc1ccc(Cl)cc1NC(=O)[C@H]1CC(=O)Nc2nc(N3C[C@H](C)C[C@H](C)C3)[nH]c(=O)c21. The van der Waals surface area contributed by atoms with Crippen molar-refractivity contribution in [2.45, 2.75) is 39.5 Å². The molecule has 3 N–H and O–H groups in total. The molecule has 2 aliphatic rings. The molecule has 3 heterocycles. The van der Waals surface area contributed by atoms with Gasteiger partial charge in [0.05, 0.1) is 11.5 Å². The van der Waals surface area contributed by atoms with Crippen LogP contribution in [0, 0.1) is 18.8 Å². The maximum absolute atomic E-state index is 13.0. The number of rotatable bonds is 3. The molecule has 8 nitrogen and oxygen atoms in total. The quantitative estimate of drug-likeness (QED) is 0.674. The molecule has 0 spiro atoms. The molecule has 1 fully saturated rings. The summed E-state index contributed by atoms with van der Waals surface area (Å²) in [6.07, 6.45) is 0.994. The molecular weight excluding hydrogens is 418 g/mol. The van der Waals surface area contributed by atoms with E-state index in [1.165, 1.54) is 0 Å². The second-order valence-electron chi connectivity index (χ2n) is 8.76. The van der Waals surface area contributed by atoms with Gasteiger partial charge in [-0.05, 0) is 42.9 Å². The first-order valence-corrected chi connectivity index (χ1v) is 10.8. The van der Waals surface area contributed by atoms with Gasteiger partial charge in [0.2, 0.25) is 17.8 Å². The number of nitrogens with zero attached hydrogens (tertiary/aromatic N) is 2. The Morgan fingerprint density at radius 3 is 2.65 bits per heavy atom. The second-order valence-corrected chi connectivity index (χ2v) is 9.19. The van der Waals surface area contributed by atoms with E-state index < -0.39 is 17.4 Å². The van der Waals surface area contributed by atoms with Crippen molar-refractivity contribution >= 4 is 40.9 Å². The highest BCUT2D eigenvalue weighted by Crippen LogP contribution is 2.32. The molecule has 9 heteroatoms. The van der Waals surface area contributed by atoms with Gasteiger partial charge in [-0.25, -0.2) is 0 Å². The van der Waals surface area contributed by atoms with E-state index in [2.05, 4.69) is 34.4 Å². The smallest absolute Gasteiger partial charge is 0.258 e. The first kappa shape index (κ1) is 21.4. The fourth-order valence-corrected chi connectivity index (χ4v) is 4.69. The summed E-state index contributed by atoms with van der Waals surface area (Å²) in [5.74, 6) is -0.204. The minimum atomic E-state index is -0.938. The van der Waals surface area contributed by atoms with Crippen LogP contribution >= 0.6 is 11.6 Å². The number of halogens is 1. The highest BCUT2D eigenvalue weighted by atomic mass is 35.5. The number of nitrogens with one attached hydrogen (secondary N) is 3. The Hall–Kier alpha value is -2.87. The Kier molecular flexibility index (Phi) is 5.75. The van der Waals surface area contributed by atoms with Gasteiger partial charge >= 0.3 is 0 Å². The van der Waals surface area contributed by atoms with Crippen LogP contribution in [0.2, 0.25) is 5.02 Å². The van der Waals surface area contributed by atoms with Crippen molar-refractivity contribution in [2.75, 3.05) is 28.6 Å². The summed E-state index contributed by atoms with van der Waals surface area (Å²) >= 11 is 6.04. The minimum absolute atomic E-state index is 0.125. The van der Waals surface area contributed by atoms with Crippen molar-refractivity contribution < 1.29 is 9.59 Å². The van der Waals surface area contributed by atoms with E-state index in [1.807, 2.05) is 11.8 Å². The van der Waals surface area contributed by atoms with Crippen LogP contribution in [0.4, 0.5) is 17.5 Å². The zero-order valence-corrected chi connectivity index (χ0v) is 18.5. The van der Waals surface area contributed by atoms with Crippen LogP contribution < -0.4 is 21.1 Å². The van der Waals surface area contributed by atoms with Gasteiger partial charge in [0.1, 0.15) is 5.82 Å². The summed E-state index contributed by atoms with van der Waals surface area (Å²) in [6, 6.07) is 5.16. The van der Waals surface area contributed by atoms with E-state index in [4.69, 9.17) is 11.6 Å². The maximum atomic E-state index is 13.0. The lowest BCUT2D eigenvalue weighted by Gasteiger charge is -2.35. The highest BCUT2D eigenvalue weighted by molar-refractivity contribution is 6.31. The molecule has 0 aliphatic carbocycles. The van der Waals surface area contributed by atoms with Gasteiger partial charge in [-0.3, -0.25) is 19.4 Å². The summed E-state index contributed by atoms with van der Waals surface area (Å²) in [4.78, 5) is 47.8. The van der Waals surface area contributed by atoms with Crippen LogP contribution in [0.5, 0.6) is 0 Å². The number of hydrogen-bond acceptors (Lipinski definition) is 5. The topological polar surface area (TPSA) is 107 Å². The zero-order valence-electron chi connectivity index (χ0n) is 17.8. The highest BCUT2D eigenvalue weighted by Gasteiger charge is 2.35. The van der Waals surface area contributed by atoms with E-state index in [1.54, 1.807) is 18.2 Å². The molecule has 4 rings (SSSR count). The molecule has 0 saturated carbocycles. The summed E-state index contributed by atoms with van der Waals surface area (Å²) in [7, 11) is 0. The molecular formula is C22H26ClN5O3. The fourth-order valence-electron chi connectivity index (χ4n) is 4.52. The average molecular weight is 444 g/mol. The molecule has 3 atom stereocenters. The van der Waals surface area contributed by atoms with Crippen molar-refractivity contribution in [1.82, 2.24) is 9.97 Å². The molecule has 2 aromatic rings. The number of piperidine rings is 1. The first-order chi connectivity index (χ1) is 14.7. The number of aromatic nitrogens is 2. The summed E-state index contributed by atoms with van der Waals surface area (Å²) in [5.41, 5.74) is 1.14. The fraction of sp³-hybridized carbons (Fsp3) is 0.455. The van der Waals surface area contributed by atoms with Crippen molar-refractivity contribution in [2.24, 2.45) is 11.8 Å². The number of aryl methyl sites for hydroxylation is 1. The van der Waals surface area contributed by atoms with Crippen LogP contribution in [0.3, 0.4) is 0 Å². The Labute approximate surface area is 185 Å². The largest absolute Gasteiger partial charge is 0.342 e. The molecule has 1 saturated heterocycles. The van der Waals surface area contributed by atoms with Crippen LogP contribution in [-0.4, -0.2) is 34.9 Å². The van der Waals surface area contributed by atoms with Gasteiger partial charge in [0, 0.05) is 30.2 Å². The maximum Gasteiger partial charge on any atom is 0.258 e. The number of H-pyrrole nitrogens is 1. The Morgan fingerprint density at radius 1 is 1.23 bits per heavy atom. The summed E-state index contributed by atoms with van der Waals surface area (Å²) in [6.45, 7) is 7.73. The molecule has 0 radical (unpaired) electrons. The molecule has 0 bridgehead atoms. The number of hydrogen-bond donors (Lipinski definition) is 3. The molecule has 2 aliphatic heterocycles. The lowest BCUT2D eigenvalue weighted by atomic mass is 9.91. The number of fused-ring (bicyclic) bond motifs is 1. The third kappa shape index (κ3) is 4.44. The van der Waals surface area contributed by atoms with E-state index in [9.17, 15) is 14.4 Å². The number of aromatic amines is 1. The summed E-state index contributed by atoms with van der Waals surface area (Å²) in [5, 5.41) is 5.96. The molecule has 0 unspecified atom stereocenters. The number of benzene rings is 1. The van der Waals surface area contributed by atoms with E-state index in [0.29, 0.717) is 28.5 Å². The third-order valence-electron chi connectivity index (χ3n) is 5.88. The molecule has 164 valence electrons. The van der Waals surface area contributed by atoms with Gasteiger partial charge in [-0.1, -0.05) is 31.5 Å². The summed E-state index contributed by atoms with van der Waals surface area (Å²) < 4.78 is 0. The van der Waals surface area contributed by atoms with Crippen molar-refractivity contribution in [3.8, 4) is 0 Å². The van der Waals surface area contributed by atoms with Gasteiger partial charge in [0.15, 0.2) is 0 Å². The molecule has 1 aromatic heterocycles. The monoisotopic (exact) mass is 443 g/mol. The third-order valence-corrected chi connectivity index (χ3v) is 6.12. The van der Waals surface area contributed by atoms with Crippen LogP contribution in [0.25, 0.3) is 0 Å². The number of anilines is 3. The minimum Gasteiger partial charge on any atom is -0.342 e. The predicted molar refractivity (Wildman–Crippen MR) is 121 cm³/mol. The zero-order chi connectivity index (χ0) is 22.3. The number of carbonyl (C=O) groups is 2. The van der Waals surface area contributed by atoms with E-state index in [0.717, 1.165) is 25.1 Å². The standard InChI is InChI=1S/C22H26ClN5O3/c1-11-6-12(2)10-28(9-11)22-26-19-18(21(31)27-22)15(8-17(29)25-19)20(30)24-16-7-14(23)5-4-13(16)3/h4-5,7,11-12,15H,6,8-10H2,1-3H3,(H,24,30)(H2,25,26,27,29,31)/t11-,12+,15-/m0/s1. The lowest BCUT2D eigenvalue weighted by molar-refractivity contribution is -0.123. The molecule has 2 amide bonds. The predicted octanol–water partition coefficient (Wildman–Crippen LogP) is 3.28. The van der Waals surface area contributed by atoms with Crippen LogP contribution in [-0.2, 0) is 9.59 Å². The van der Waals surface area contributed by atoms with Gasteiger partial charge in [-0.2, -0.15) is 4.98 Å². The Morgan fingerprint density at radius 2 is 1.94 bits per heavy atom. The molecule has 1 aromatic carbocycles. The molecule has 31 heavy (non-hydrogen) atoms. The van der Waals surface area contributed by atoms with Crippen LogP contribution in [0.1, 0.15) is 43.7 Å². The van der Waals surface area contributed by atoms with Gasteiger partial charge in [0.25, 0.3) is 5.56 Å². The van der Waals surface area contributed by atoms with Crippen LogP contribution in [0.15, 0.2) is 23.0 Å².